The summed E-state index contributed by atoms with van der Waals surface area (Å²) in [5, 5.41) is 0. The van der Waals surface area contributed by atoms with Gasteiger partial charge in [0.2, 0.25) is 0 Å². The highest BCUT2D eigenvalue weighted by Gasteiger charge is 2.69. The fraction of sp³-hybridized carbons (Fsp3) is 0.852. The minimum absolute atomic E-state index is 0.108. The second kappa shape index (κ2) is 6.53. The summed E-state index contributed by atoms with van der Waals surface area (Å²) in [5.41, 5.74) is 0.965. The molecule has 0 amide bonds. The maximum Gasteiger partial charge on any atom is 0.171 e. The highest BCUT2D eigenvalue weighted by Crippen LogP contribution is 2.70. The molecule has 170 valence electrons. The van der Waals surface area contributed by atoms with E-state index in [2.05, 4.69) is 27.7 Å². The fourth-order valence-corrected chi connectivity index (χ4v) is 9.40. The summed E-state index contributed by atoms with van der Waals surface area (Å²) in [7, 11) is 0. The topological polar surface area (TPSA) is 52.6 Å². The fourth-order valence-electron chi connectivity index (χ4n) is 9.40. The van der Waals surface area contributed by atoms with Gasteiger partial charge in [0.1, 0.15) is 0 Å². The summed E-state index contributed by atoms with van der Waals surface area (Å²) >= 11 is 0. The van der Waals surface area contributed by atoms with Crippen LogP contribution in [0.2, 0.25) is 0 Å². The monoisotopic (exact) mass is 426 g/mol. The molecule has 10 atom stereocenters. The smallest absolute Gasteiger partial charge is 0.171 e. The average Bonchev–Trinajstić information content (AvgIpc) is 3.17. The average molecular weight is 427 g/mol. The first-order valence-corrected chi connectivity index (χ1v) is 12.8. The van der Waals surface area contributed by atoms with Crippen LogP contribution in [0.25, 0.3) is 0 Å². The Kier molecular flexibility index (Phi) is 4.34. The molecule has 5 fully saturated rings. The van der Waals surface area contributed by atoms with Crippen LogP contribution in [-0.4, -0.2) is 30.1 Å². The van der Waals surface area contributed by atoms with Gasteiger partial charge in [-0.3, -0.25) is 9.59 Å². The molecule has 0 aromatic heterocycles. The Labute approximate surface area is 186 Å². The van der Waals surface area contributed by atoms with E-state index in [1.165, 1.54) is 19.3 Å². The van der Waals surface area contributed by atoms with Crippen molar-refractivity contribution in [2.45, 2.75) is 91.0 Å². The first kappa shape index (κ1) is 20.6. The Morgan fingerprint density at radius 1 is 1.03 bits per heavy atom. The van der Waals surface area contributed by atoms with Gasteiger partial charge in [0.05, 0.1) is 12.7 Å². The van der Waals surface area contributed by atoms with Crippen LogP contribution in [0, 0.1) is 46.3 Å². The largest absolute Gasteiger partial charge is 0.349 e. The molecule has 6 rings (SSSR count). The van der Waals surface area contributed by atoms with E-state index >= 15 is 0 Å². The molecule has 4 heteroatoms. The van der Waals surface area contributed by atoms with E-state index in [9.17, 15) is 9.59 Å². The summed E-state index contributed by atoms with van der Waals surface area (Å²) < 4.78 is 13.2. The Morgan fingerprint density at radius 2 is 1.84 bits per heavy atom. The summed E-state index contributed by atoms with van der Waals surface area (Å²) in [6.07, 6.45) is 9.73. The number of ether oxygens (including phenoxy) is 2. The molecule has 0 aromatic rings. The van der Waals surface area contributed by atoms with E-state index in [0.29, 0.717) is 48.3 Å². The van der Waals surface area contributed by atoms with Gasteiger partial charge in [-0.25, -0.2) is 0 Å². The van der Waals surface area contributed by atoms with Gasteiger partial charge in [0.15, 0.2) is 17.4 Å². The minimum Gasteiger partial charge on any atom is -0.349 e. The van der Waals surface area contributed by atoms with Crippen molar-refractivity contribution in [3.05, 3.63) is 11.6 Å². The van der Waals surface area contributed by atoms with Gasteiger partial charge in [-0.05, 0) is 78.6 Å². The third-order valence-electron chi connectivity index (χ3n) is 11.1. The van der Waals surface area contributed by atoms with Crippen LogP contribution < -0.4 is 0 Å². The van der Waals surface area contributed by atoms with Crippen LogP contribution >= 0.6 is 0 Å². The lowest BCUT2D eigenvalue weighted by Crippen LogP contribution is -2.54. The molecule has 0 N–H and O–H groups in total. The van der Waals surface area contributed by atoms with Gasteiger partial charge in [0, 0.05) is 30.8 Å². The molecule has 0 unspecified atom stereocenters. The van der Waals surface area contributed by atoms with Gasteiger partial charge in [0.25, 0.3) is 0 Å². The summed E-state index contributed by atoms with van der Waals surface area (Å²) in [5.74, 6) is 3.08. The predicted molar refractivity (Wildman–Crippen MR) is 117 cm³/mol. The lowest BCUT2D eigenvalue weighted by Gasteiger charge is -2.58. The number of fused-ring (bicyclic) bond motifs is 7. The van der Waals surface area contributed by atoms with E-state index in [1.807, 2.05) is 0 Å². The quantitative estimate of drug-likeness (QED) is 0.541. The molecule has 2 aliphatic heterocycles. The summed E-state index contributed by atoms with van der Waals surface area (Å²) in [6, 6.07) is 0. The van der Waals surface area contributed by atoms with Crippen LogP contribution in [-0.2, 0) is 19.1 Å². The number of hydrogen-bond donors (Lipinski definition) is 0. The number of hydrogen-bond acceptors (Lipinski definition) is 4. The zero-order chi connectivity index (χ0) is 21.8. The maximum atomic E-state index is 13.2. The highest BCUT2D eigenvalue weighted by molar-refractivity contribution is 6.05. The van der Waals surface area contributed by atoms with Gasteiger partial charge >= 0.3 is 0 Å². The van der Waals surface area contributed by atoms with Crippen molar-refractivity contribution in [3.63, 3.8) is 0 Å². The van der Waals surface area contributed by atoms with Crippen LogP contribution in [0.4, 0.5) is 0 Å². The third kappa shape index (κ3) is 2.61. The second-order valence-electron chi connectivity index (χ2n) is 12.5. The van der Waals surface area contributed by atoms with Crippen molar-refractivity contribution in [1.82, 2.24) is 0 Å². The molecule has 0 radical (unpaired) electrons. The van der Waals surface area contributed by atoms with Gasteiger partial charge in [-0.15, -0.1) is 0 Å². The SMILES string of the molecule is C[C@@H]1CC[C@@]2(OC1)O[C@H]1C[C@H]3[C@@H]4CC(=O)C5=CC(=O)CC[C@]5(C)[C@H]4CC[C@]3(C)[C@H]1[C@H]2C. The zero-order valence-electron chi connectivity index (χ0n) is 19.6. The molecule has 0 aromatic carbocycles. The van der Waals surface area contributed by atoms with Crippen LogP contribution in [0.1, 0.15) is 79.1 Å². The molecule has 31 heavy (non-hydrogen) atoms. The van der Waals surface area contributed by atoms with E-state index < -0.39 is 0 Å². The number of Topliss-reactive ketones (excluding diaryl/α,β-unsaturated/α-hetero) is 1. The summed E-state index contributed by atoms with van der Waals surface area (Å²) in [4.78, 5) is 25.3. The molecule has 6 aliphatic rings. The van der Waals surface area contributed by atoms with Crippen LogP contribution in [0.15, 0.2) is 11.6 Å². The van der Waals surface area contributed by atoms with Crippen molar-refractivity contribution in [2.24, 2.45) is 46.3 Å². The van der Waals surface area contributed by atoms with E-state index in [4.69, 9.17) is 9.47 Å². The van der Waals surface area contributed by atoms with Gasteiger partial charge < -0.3 is 9.47 Å². The number of carbonyl (C=O) groups excluding carboxylic acids is 2. The zero-order valence-corrected chi connectivity index (χ0v) is 19.6. The Balaban J connectivity index is 1.31. The molecule has 3 saturated carbocycles. The van der Waals surface area contributed by atoms with Crippen LogP contribution in [0.3, 0.4) is 0 Å². The third-order valence-corrected chi connectivity index (χ3v) is 11.1. The second-order valence-corrected chi connectivity index (χ2v) is 12.5. The number of ketones is 2. The Bertz CT molecular complexity index is 851. The number of carbonyl (C=O) groups is 2. The standard InChI is InChI=1S/C27H38O4/c1-15-5-10-27(30-14-15)16(2)24-23(31-27)13-20-18-12-22(29)21-11-17(28)6-8-25(21,3)19(18)7-9-26(20,24)4/h11,15-16,18-20,23-24H,5-10,12-14H2,1-4H3/t15-,16-,18-,19+,20+,23+,24+,25-,26+,27-/m1/s1. The lowest BCUT2D eigenvalue weighted by atomic mass is 9.46. The summed E-state index contributed by atoms with van der Waals surface area (Å²) in [6.45, 7) is 10.2. The van der Waals surface area contributed by atoms with E-state index in [1.54, 1.807) is 6.08 Å². The van der Waals surface area contributed by atoms with E-state index in [-0.39, 0.29) is 34.3 Å². The van der Waals surface area contributed by atoms with E-state index in [0.717, 1.165) is 31.4 Å². The molecule has 4 aliphatic carbocycles. The first-order chi connectivity index (χ1) is 14.7. The van der Waals surface area contributed by atoms with Gasteiger partial charge in [-0.1, -0.05) is 27.7 Å². The van der Waals surface area contributed by atoms with Gasteiger partial charge in [-0.2, -0.15) is 0 Å². The molecule has 2 saturated heterocycles. The number of allylic oxidation sites excluding steroid dienone is 1. The van der Waals surface area contributed by atoms with Crippen molar-refractivity contribution in [1.29, 1.82) is 0 Å². The number of rotatable bonds is 0. The van der Waals surface area contributed by atoms with Crippen LogP contribution in [0.5, 0.6) is 0 Å². The highest BCUT2D eigenvalue weighted by atomic mass is 16.7. The van der Waals surface area contributed by atoms with Crippen molar-refractivity contribution < 1.29 is 19.1 Å². The molecular weight excluding hydrogens is 388 g/mol. The first-order valence-electron chi connectivity index (χ1n) is 12.8. The molecule has 0 bridgehead atoms. The molecule has 4 nitrogen and oxygen atoms in total. The normalized spacial score (nSPS) is 56.0. The Hall–Kier alpha value is -1.00. The van der Waals surface area contributed by atoms with Crippen molar-refractivity contribution in [3.8, 4) is 0 Å². The molecular formula is C27H38O4. The van der Waals surface area contributed by atoms with Crippen molar-refractivity contribution in [2.75, 3.05) is 6.61 Å². The minimum atomic E-state index is -0.374. The predicted octanol–water partition coefficient (Wildman–Crippen LogP) is 5.10. The lowest BCUT2D eigenvalue weighted by molar-refractivity contribution is -0.272. The molecule has 2 heterocycles. The molecule has 1 spiro atoms. The maximum absolute atomic E-state index is 13.2. The van der Waals surface area contributed by atoms with Crippen molar-refractivity contribution >= 4 is 11.6 Å². The Morgan fingerprint density at radius 3 is 2.58 bits per heavy atom.